The summed E-state index contributed by atoms with van der Waals surface area (Å²) in [6.07, 6.45) is 5.79. The van der Waals surface area contributed by atoms with Crippen LogP contribution in [0.3, 0.4) is 0 Å². The molecule has 1 aliphatic carbocycles. The van der Waals surface area contributed by atoms with Gasteiger partial charge in [0.1, 0.15) is 17.8 Å². The maximum Gasteiger partial charge on any atom is 0.326 e. The molecule has 1 aromatic rings. The van der Waals surface area contributed by atoms with Crippen LogP contribution in [0.1, 0.15) is 12.8 Å². The standard InChI is InChI=1S/C22H21FN2O6/c1-29-18-11-13-16(7-8-24-19(13)20(26)21(18)30-2)31-17-6-5-12(10-14(17)23)25-9-3-4-15(25)22(27)28/h5-8,10-11,15,19H,3-4,9H2,1-2H3,(H,27,28)/t15-,19?/m0/s1. The van der Waals surface area contributed by atoms with Crippen molar-refractivity contribution in [3.63, 3.8) is 0 Å². The average molecular weight is 428 g/mol. The Balaban J connectivity index is 1.61. The van der Waals surface area contributed by atoms with Crippen LogP contribution in [-0.2, 0) is 19.1 Å². The number of aliphatic imine (C=N–C) groups is 1. The van der Waals surface area contributed by atoms with Crippen LogP contribution in [0.25, 0.3) is 0 Å². The summed E-state index contributed by atoms with van der Waals surface area (Å²) < 4.78 is 31.0. The van der Waals surface area contributed by atoms with Crippen molar-refractivity contribution in [3.8, 4) is 5.75 Å². The predicted octanol–water partition coefficient (Wildman–Crippen LogP) is 2.61. The van der Waals surface area contributed by atoms with E-state index in [0.29, 0.717) is 24.2 Å². The SMILES string of the molecule is COC1=C(OC)C(=O)C2N=CC=C(Oc3ccc(N4CCC[C@H]4C(=O)O)cc3F)C2=C1. The lowest BCUT2D eigenvalue weighted by molar-refractivity contribution is -0.138. The molecule has 2 heterocycles. The Kier molecular flexibility index (Phi) is 5.50. The third-order valence-electron chi connectivity index (χ3n) is 5.45. The van der Waals surface area contributed by atoms with E-state index < -0.39 is 23.9 Å². The Morgan fingerprint density at radius 3 is 2.77 bits per heavy atom. The average Bonchev–Trinajstić information content (AvgIpc) is 3.25. The van der Waals surface area contributed by atoms with Crippen LogP contribution in [-0.4, -0.2) is 55.9 Å². The second kappa shape index (κ2) is 8.25. The van der Waals surface area contributed by atoms with Gasteiger partial charge in [-0.25, -0.2) is 9.18 Å². The fourth-order valence-corrected chi connectivity index (χ4v) is 3.97. The Morgan fingerprint density at radius 2 is 2.10 bits per heavy atom. The number of halogens is 1. The first kappa shape index (κ1) is 20.6. The number of ether oxygens (including phenoxy) is 3. The quantitative estimate of drug-likeness (QED) is 0.744. The van der Waals surface area contributed by atoms with E-state index in [2.05, 4.69) is 4.99 Å². The van der Waals surface area contributed by atoms with E-state index in [4.69, 9.17) is 14.2 Å². The Labute approximate surface area is 177 Å². The molecule has 0 aromatic heterocycles. The molecule has 1 N–H and O–H groups in total. The largest absolute Gasteiger partial charge is 0.493 e. The monoisotopic (exact) mass is 428 g/mol. The van der Waals surface area contributed by atoms with Gasteiger partial charge in [-0.15, -0.1) is 0 Å². The van der Waals surface area contributed by atoms with Gasteiger partial charge in [-0.2, -0.15) is 0 Å². The summed E-state index contributed by atoms with van der Waals surface area (Å²) >= 11 is 0. The molecular formula is C22H21FN2O6. The molecule has 0 bridgehead atoms. The summed E-state index contributed by atoms with van der Waals surface area (Å²) in [6.45, 7) is 0.545. The molecule has 0 amide bonds. The number of rotatable bonds is 6. The van der Waals surface area contributed by atoms with Gasteiger partial charge in [0.15, 0.2) is 17.3 Å². The molecule has 3 aliphatic rings. The van der Waals surface area contributed by atoms with Crippen LogP contribution in [0.2, 0.25) is 0 Å². The lowest BCUT2D eigenvalue weighted by atomic mass is 9.92. The molecule has 9 heteroatoms. The molecule has 0 spiro atoms. The highest BCUT2D eigenvalue weighted by atomic mass is 19.1. The zero-order valence-corrected chi connectivity index (χ0v) is 17.0. The van der Waals surface area contributed by atoms with E-state index in [9.17, 15) is 19.1 Å². The first-order valence-corrected chi connectivity index (χ1v) is 9.73. The summed E-state index contributed by atoms with van der Waals surface area (Å²) in [5.41, 5.74) is 0.910. The van der Waals surface area contributed by atoms with Crippen molar-refractivity contribution >= 4 is 23.7 Å². The number of fused-ring (bicyclic) bond motifs is 1. The molecule has 1 saturated heterocycles. The Bertz CT molecular complexity index is 1060. The number of nitrogens with zero attached hydrogens (tertiary/aromatic N) is 2. The van der Waals surface area contributed by atoms with Crippen molar-refractivity contribution in [1.82, 2.24) is 0 Å². The number of carbonyl (C=O) groups is 2. The van der Waals surface area contributed by atoms with Crippen molar-refractivity contribution in [2.45, 2.75) is 24.9 Å². The van der Waals surface area contributed by atoms with Gasteiger partial charge in [0.05, 0.1) is 14.2 Å². The van der Waals surface area contributed by atoms with Crippen molar-refractivity contribution in [3.05, 3.63) is 59.0 Å². The molecule has 0 saturated carbocycles. The Hall–Kier alpha value is -3.62. The van der Waals surface area contributed by atoms with Gasteiger partial charge in [-0.05, 0) is 37.1 Å². The van der Waals surface area contributed by atoms with Crippen LogP contribution in [0.4, 0.5) is 10.1 Å². The summed E-state index contributed by atoms with van der Waals surface area (Å²) in [5.74, 6) is -1.46. The third-order valence-corrected chi connectivity index (χ3v) is 5.45. The lowest BCUT2D eigenvalue weighted by Gasteiger charge is -2.27. The molecule has 1 fully saturated rings. The normalized spacial score (nSPS) is 22.7. The van der Waals surface area contributed by atoms with E-state index in [1.807, 2.05) is 0 Å². The van der Waals surface area contributed by atoms with Gasteiger partial charge >= 0.3 is 5.97 Å². The lowest BCUT2D eigenvalue weighted by Crippen LogP contribution is -2.35. The van der Waals surface area contributed by atoms with Crippen LogP contribution in [0, 0.1) is 5.82 Å². The van der Waals surface area contributed by atoms with E-state index in [0.717, 1.165) is 6.42 Å². The van der Waals surface area contributed by atoms with Gasteiger partial charge in [0.2, 0.25) is 11.5 Å². The number of dihydropyridines is 1. The summed E-state index contributed by atoms with van der Waals surface area (Å²) in [4.78, 5) is 29.9. The van der Waals surface area contributed by atoms with Gasteiger partial charge < -0.3 is 24.2 Å². The number of hydrogen-bond donors (Lipinski definition) is 1. The number of ketones is 1. The number of carbonyl (C=O) groups excluding carboxylic acids is 1. The van der Waals surface area contributed by atoms with E-state index in [-0.39, 0.29) is 28.8 Å². The molecule has 1 aromatic carbocycles. The number of hydrogen-bond acceptors (Lipinski definition) is 7. The molecule has 1 unspecified atom stereocenters. The fourth-order valence-electron chi connectivity index (χ4n) is 3.97. The van der Waals surface area contributed by atoms with E-state index in [1.165, 1.54) is 38.6 Å². The highest BCUT2D eigenvalue weighted by Crippen LogP contribution is 2.35. The minimum Gasteiger partial charge on any atom is -0.493 e. The van der Waals surface area contributed by atoms with Crippen molar-refractivity contribution in [2.24, 2.45) is 4.99 Å². The molecule has 8 nitrogen and oxygen atoms in total. The molecule has 31 heavy (non-hydrogen) atoms. The van der Waals surface area contributed by atoms with Gasteiger partial charge in [0.25, 0.3) is 0 Å². The first-order chi connectivity index (χ1) is 14.9. The predicted molar refractivity (Wildman–Crippen MR) is 110 cm³/mol. The van der Waals surface area contributed by atoms with Crippen LogP contribution in [0.5, 0.6) is 5.75 Å². The van der Waals surface area contributed by atoms with Crippen LogP contribution >= 0.6 is 0 Å². The highest BCUT2D eigenvalue weighted by molar-refractivity contribution is 6.04. The molecule has 4 rings (SSSR count). The third kappa shape index (κ3) is 3.67. The smallest absolute Gasteiger partial charge is 0.326 e. The number of anilines is 1. The van der Waals surface area contributed by atoms with Gasteiger partial charge in [-0.1, -0.05) is 0 Å². The zero-order valence-electron chi connectivity index (χ0n) is 17.0. The van der Waals surface area contributed by atoms with Gasteiger partial charge in [0, 0.05) is 30.1 Å². The second-order valence-corrected chi connectivity index (χ2v) is 7.20. The number of aliphatic carboxylic acids is 1. The number of benzene rings is 1. The molecule has 162 valence electrons. The number of carboxylic acid groups (broad SMARTS) is 1. The van der Waals surface area contributed by atoms with Crippen molar-refractivity contribution in [1.29, 1.82) is 0 Å². The fraction of sp³-hybridized carbons (Fsp3) is 0.318. The first-order valence-electron chi connectivity index (χ1n) is 9.73. The van der Waals surface area contributed by atoms with Crippen LogP contribution in [0.15, 0.2) is 58.2 Å². The van der Waals surface area contributed by atoms with E-state index >= 15 is 0 Å². The summed E-state index contributed by atoms with van der Waals surface area (Å²) in [6, 6.07) is 2.80. The maximum atomic E-state index is 14.8. The maximum absolute atomic E-state index is 14.8. The number of Topliss-reactive ketones (excluding diaryl/α,β-unsaturated/α-hetero) is 1. The molecule has 0 radical (unpaired) electrons. The summed E-state index contributed by atoms with van der Waals surface area (Å²) in [7, 11) is 2.79. The van der Waals surface area contributed by atoms with E-state index in [1.54, 1.807) is 17.0 Å². The Morgan fingerprint density at radius 1 is 1.29 bits per heavy atom. The summed E-state index contributed by atoms with van der Waals surface area (Å²) in [5, 5.41) is 9.36. The molecule has 2 atom stereocenters. The molecule has 2 aliphatic heterocycles. The minimum absolute atomic E-state index is 0.0519. The van der Waals surface area contributed by atoms with Crippen molar-refractivity contribution in [2.75, 3.05) is 25.7 Å². The zero-order chi connectivity index (χ0) is 22.1. The topological polar surface area (TPSA) is 97.7 Å². The minimum atomic E-state index is -0.928. The number of carboxylic acids is 1. The van der Waals surface area contributed by atoms with Crippen LogP contribution < -0.4 is 9.64 Å². The highest BCUT2D eigenvalue weighted by Gasteiger charge is 2.37. The molecular weight excluding hydrogens is 407 g/mol. The van der Waals surface area contributed by atoms with Crippen molar-refractivity contribution < 1.29 is 33.3 Å². The second-order valence-electron chi connectivity index (χ2n) is 7.20. The number of allylic oxidation sites excluding steroid dienone is 2. The number of methoxy groups -OCH3 is 2. The van der Waals surface area contributed by atoms with Gasteiger partial charge in [-0.3, -0.25) is 9.79 Å².